The third-order valence-electron chi connectivity index (χ3n) is 1.64. The number of aryl methyl sites for hydroxylation is 1. The van der Waals surface area contributed by atoms with Crippen molar-refractivity contribution in [3.8, 4) is 0 Å². The molecule has 0 atom stereocenters. The molecular weight excluding hydrogens is 184 g/mol. The number of hydrogen-bond donors (Lipinski definition) is 0. The molecule has 13 heavy (non-hydrogen) atoms. The van der Waals surface area contributed by atoms with E-state index in [1.165, 1.54) is 12.1 Å². The third kappa shape index (κ3) is 2.72. The molecule has 0 spiro atoms. The van der Waals surface area contributed by atoms with Crippen molar-refractivity contribution in [1.82, 2.24) is 0 Å². The van der Waals surface area contributed by atoms with Crippen LogP contribution in [-0.4, -0.2) is 6.67 Å². The van der Waals surface area contributed by atoms with Gasteiger partial charge < -0.3 is 0 Å². The lowest BCUT2D eigenvalue weighted by Crippen LogP contribution is -2.05. The number of benzene rings is 1. The minimum atomic E-state index is -4.34. The Hall–Kier alpha value is -1.06. The van der Waals surface area contributed by atoms with Gasteiger partial charge in [0.25, 0.3) is 0 Å². The number of alkyl halides is 4. The van der Waals surface area contributed by atoms with Gasteiger partial charge in [-0.1, -0.05) is 18.2 Å². The molecule has 0 fully saturated rings. The van der Waals surface area contributed by atoms with E-state index < -0.39 is 18.4 Å². The molecular formula is C9H8F4. The van der Waals surface area contributed by atoms with E-state index in [0.717, 1.165) is 12.1 Å². The summed E-state index contributed by atoms with van der Waals surface area (Å²) >= 11 is 0. The molecule has 1 aromatic carbocycles. The fourth-order valence-electron chi connectivity index (χ4n) is 1.01. The first kappa shape index (κ1) is 10.0. The van der Waals surface area contributed by atoms with E-state index in [0.29, 0.717) is 5.56 Å². The van der Waals surface area contributed by atoms with Crippen molar-refractivity contribution in [3.63, 3.8) is 0 Å². The van der Waals surface area contributed by atoms with Crippen LogP contribution in [0.15, 0.2) is 24.3 Å². The number of halogens is 4. The molecule has 0 aliphatic carbocycles. The summed E-state index contributed by atoms with van der Waals surface area (Å²) in [5, 5.41) is 0. The van der Waals surface area contributed by atoms with Gasteiger partial charge in [0.05, 0.1) is 12.2 Å². The Bertz CT molecular complexity index is 277. The Labute approximate surface area is 73.2 Å². The summed E-state index contributed by atoms with van der Waals surface area (Å²) in [6, 6.07) is 4.71. The minimum Gasteiger partial charge on any atom is -0.251 e. The van der Waals surface area contributed by atoms with Crippen LogP contribution in [0, 0.1) is 0 Å². The van der Waals surface area contributed by atoms with Crippen molar-refractivity contribution < 1.29 is 17.6 Å². The van der Waals surface area contributed by atoms with Crippen LogP contribution in [0.2, 0.25) is 0 Å². The third-order valence-corrected chi connectivity index (χ3v) is 1.64. The van der Waals surface area contributed by atoms with E-state index in [-0.39, 0.29) is 6.42 Å². The molecule has 0 aliphatic heterocycles. The van der Waals surface area contributed by atoms with E-state index in [4.69, 9.17) is 0 Å². The maximum Gasteiger partial charge on any atom is 0.416 e. The zero-order valence-corrected chi connectivity index (χ0v) is 6.74. The highest BCUT2D eigenvalue weighted by Crippen LogP contribution is 2.29. The maximum atomic E-state index is 12.1. The second kappa shape index (κ2) is 3.77. The van der Waals surface area contributed by atoms with Crippen molar-refractivity contribution in [2.45, 2.75) is 12.6 Å². The second-order valence-electron chi connectivity index (χ2n) is 2.64. The van der Waals surface area contributed by atoms with Crippen molar-refractivity contribution in [1.29, 1.82) is 0 Å². The summed E-state index contributed by atoms with van der Waals surface area (Å²) in [6.45, 7) is -0.638. The Kier molecular flexibility index (Phi) is 2.90. The lowest BCUT2D eigenvalue weighted by molar-refractivity contribution is -0.137. The largest absolute Gasteiger partial charge is 0.416 e. The zero-order valence-electron chi connectivity index (χ0n) is 6.74. The van der Waals surface area contributed by atoms with Gasteiger partial charge in [-0.05, 0) is 11.6 Å². The molecule has 1 aromatic rings. The molecule has 0 aromatic heterocycles. The summed E-state index contributed by atoms with van der Waals surface area (Å²) in [4.78, 5) is 0. The molecule has 0 heterocycles. The van der Waals surface area contributed by atoms with Gasteiger partial charge in [-0.2, -0.15) is 13.2 Å². The summed E-state index contributed by atoms with van der Waals surface area (Å²) < 4.78 is 48.2. The van der Waals surface area contributed by atoms with Crippen LogP contribution in [-0.2, 0) is 12.6 Å². The van der Waals surface area contributed by atoms with Crippen molar-refractivity contribution >= 4 is 0 Å². The molecule has 72 valence electrons. The lowest BCUT2D eigenvalue weighted by atomic mass is 10.1. The Morgan fingerprint density at radius 1 is 1.15 bits per heavy atom. The standard InChI is InChI=1S/C9H8F4/c10-5-4-7-2-1-3-8(6-7)9(11,12)13/h1-3,6H,4-5H2. The molecule has 0 amide bonds. The van der Waals surface area contributed by atoms with Crippen molar-refractivity contribution in [2.24, 2.45) is 0 Å². The van der Waals surface area contributed by atoms with Crippen LogP contribution in [0.4, 0.5) is 17.6 Å². The van der Waals surface area contributed by atoms with Crippen LogP contribution in [0.5, 0.6) is 0 Å². The first-order valence-corrected chi connectivity index (χ1v) is 3.76. The van der Waals surface area contributed by atoms with Gasteiger partial charge in [-0.15, -0.1) is 0 Å². The van der Waals surface area contributed by atoms with Crippen LogP contribution in [0.1, 0.15) is 11.1 Å². The molecule has 0 bridgehead atoms. The van der Waals surface area contributed by atoms with Gasteiger partial charge in [0.2, 0.25) is 0 Å². The first-order chi connectivity index (χ1) is 6.04. The molecule has 0 saturated heterocycles. The van der Waals surface area contributed by atoms with Crippen molar-refractivity contribution in [2.75, 3.05) is 6.67 Å². The van der Waals surface area contributed by atoms with Gasteiger partial charge >= 0.3 is 6.18 Å². The van der Waals surface area contributed by atoms with Gasteiger partial charge in [0, 0.05) is 6.42 Å². The summed E-state index contributed by atoms with van der Waals surface area (Å²) in [5.74, 6) is 0. The fourth-order valence-corrected chi connectivity index (χ4v) is 1.01. The summed E-state index contributed by atoms with van der Waals surface area (Å²) in [5.41, 5.74) is -0.351. The van der Waals surface area contributed by atoms with Crippen molar-refractivity contribution in [3.05, 3.63) is 35.4 Å². The van der Waals surface area contributed by atoms with Crippen LogP contribution in [0.25, 0.3) is 0 Å². The SMILES string of the molecule is FCCc1cccc(C(F)(F)F)c1. The molecule has 0 aliphatic rings. The Balaban J connectivity index is 2.92. The Morgan fingerprint density at radius 3 is 2.38 bits per heavy atom. The number of hydrogen-bond acceptors (Lipinski definition) is 0. The fraction of sp³-hybridized carbons (Fsp3) is 0.333. The zero-order chi connectivity index (χ0) is 9.90. The molecule has 0 N–H and O–H groups in total. The summed E-state index contributed by atoms with van der Waals surface area (Å²) in [6.07, 6.45) is -4.31. The predicted octanol–water partition coefficient (Wildman–Crippen LogP) is 3.22. The highest BCUT2D eigenvalue weighted by molar-refractivity contribution is 5.25. The van der Waals surface area contributed by atoms with E-state index in [1.54, 1.807) is 0 Å². The maximum absolute atomic E-state index is 12.1. The molecule has 0 saturated carbocycles. The Morgan fingerprint density at radius 2 is 1.85 bits per heavy atom. The number of rotatable bonds is 2. The average Bonchev–Trinajstić information content (AvgIpc) is 2.04. The summed E-state index contributed by atoms with van der Waals surface area (Å²) in [7, 11) is 0. The van der Waals surface area contributed by atoms with Crippen LogP contribution >= 0.6 is 0 Å². The average molecular weight is 192 g/mol. The van der Waals surface area contributed by atoms with Gasteiger partial charge in [0.1, 0.15) is 0 Å². The van der Waals surface area contributed by atoms with Gasteiger partial charge in [0.15, 0.2) is 0 Å². The minimum absolute atomic E-state index is 0.0317. The van der Waals surface area contributed by atoms with Crippen LogP contribution < -0.4 is 0 Å². The quantitative estimate of drug-likeness (QED) is 0.631. The molecule has 1 rings (SSSR count). The highest BCUT2D eigenvalue weighted by Gasteiger charge is 2.30. The highest BCUT2D eigenvalue weighted by atomic mass is 19.4. The molecule has 0 unspecified atom stereocenters. The van der Waals surface area contributed by atoms with E-state index in [1.807, 2.05) is 0 Å². The smallest absolute Gasteiger partial charge is 0.251 e. The molecule has 0 radical (unpaired) electrons. The van der Waals surface area contributed by atoms with E-state index >= 15 is 0 Å². The normalized spacial score (nSPS) is 11.7. The van der Waals surface area contributed by atoms with Crippen LogP contribution in [0.3, 0.4) is 0 Å². The first-order valence-electron chi connectivity index (χ1n) is 3.76. The van der Waals surface area contributed by atoms with E-state index in [2.05, 4.69) is 0 Å². The van der Waals surface area contributed by atoms with E-state index in [9.17, 15) is 17.6 Å². The topological polar surface area (TPSA) is 0 Å². The van der Waals surface area contributed by atoms with Gasteiger partial charge in [-0.25, -0.2) is 0 Å². The monoisotopic (exact) mass is 192 g/mol. The molecule has 0 nitrogen and oxygen atoms in total. The molecule has 4 heteroatoms. The predicted molar refractivity (Wildman–Crippen MR) is 41.1 cm³/mol. The lowest BCUT2D eigenvalue weighted by Gasteiger charge is -2.07. The second-order valence-corrected chi connectivity index (χ2v) is 2.64. The van der Waals surface area contributed by atoms with Gasteiger partial charge in [-0.3, -0.25) is 4.39 Å².